The van der Waals surface area contributed by atoms with Gasteiger partial charge in [0.1, 0.15) is 18.2 Å². The molecule has 2 amide bonds. The summed E-state index contributed by atoms with van der Waals surface area (Å²) in [6.07, 6.45) is 2.80. The monoisotopic (exact) mass is 388 g/mol. The summed E-state index contributed by atoms with van der Waals surface area (Å²) in [5.41, 5.74) is 0.858. The average Bonchev–Trinajstić information content (AvgIpc) is 3.18. The molecule has 3 N–H and O–H groups in total. The first-order valence-electron chi connectivity index (χ1n) is 9.52. The minimum Gasteiger partial charge on any atom is -0.453 e. The van der Waals surface area contributed by atoms with Gasteiger partial charge in [-0.1, -0.05) is 12.1 Å². The predicted octanol–water partition coefficient (Wildman–Crippen LogP) is 3.08. The summed E-state index contributed by atoms with van der Waals surface area (Å²) < 4.78 is 18.3. The molecule has 0 saturated heterocycles. The highest BCUT2D eigenvalue weighted by Gasteiger charge is 2.28. The third-order valence-electron chi connectivity index (χ3n) is 5.20. The number of halogens is 1. The highest BCUT2D eigenvalue weighted by atomic mass is 19.1. The molecule has 28 heavy (non-hydrogen) atoms. The first kappa shape index (κ1) is 20.1. The standard InChI is InChI=1S/C21H25FN2O4/c1-13(14-2-6-16(22)7-3-14)23-20(26)15-4-8-17(9-5-15)24-21(27)19-11-10-18(12-25)28-19/h2-3,6-7,10-11,13,15,17,25H,4-5,8-9,12H2,1H3,(H,23,26)(H,24,27). The van der Waals surface area contributed by atoms with Gasteiger partial charge in [-0.05, 0) is 62.4 Å². The van der Waals surface area contributed by atoms with Gasteiger partial charge in [0.05, 0.1) is 6.04 Å². The van der Waals surface area contributed by atoms with E-state index in [4.69, 9.17) is 9.52 Å². The van der Waals surface area contributed by atoms with E-state index < -0.39 is 0 Å². The molecule has 150 valence electrons. The first-order chi connectivity index (χ1) is 13.5. The molecule has 1 saturated carbocycles. The van der Waals surface area contributed by atoms with E-state index in [0.717, 1.165) is 5.56 Å². The molecule has 1 heterocycles. The van der Waals surface area contributed by atoms with Crippen LogP contribution in [0.2, 0.25) is 0 Å². The molecular formula is C21H25FN2O4. The zero-order valence-corrected chi connectivity index (χ0v) is 15.8. The molecule has 0 radical (unpaired) electrons. The van der Waals surface area contributed by atoms with Crippen molar-refractivity contribution in [1.82, 2.24) is 10.6 Å². The summed E-state index contributed by atoms with van der Waals surface area (Å²) in [6, 6.07) is 9.02. The van der Waals surface area contributed by atoms with Gasteiger partial charge in [-0.15, -0.1) is 0 Å². The highest BCUT2D eigenvalue weighted by Crippen LogP contribution is 2.26. The molecule has 2 aromatic rings. The van der Waals surface area contributed by atoms with E-state index in [1.807, 2.05) is 6.92 Å². The molecule has 3 rings (SSSR count). The Morgan fingerprint density at radius 1 is 1.14 bits per heavy atom. The van der Waals surface area contributed by atoms with Crippen molar-refractivity contribution in [3.63, 3.8) is 0 Å². The van der Waals surface area contributed by atoms with Crippen molar-refractivity contribution in [3.05, 3.63) is 59.3 Å². The number of carbonyl (C=O) groups is 2. The largest absolute Gasteiger partial charge is 0.453 e. The summed E-state index contributed by atoms with van der Waals surface area (Å²) in [5.74, 6) is -0.193. The number of amides is 2. The molecule has 0 bridgehead atoms. The number of aliphatic hydroxyl groups excluding tert-OH is 1. The van der Waals surface area contributed by atoms with E-state index in [1.165, 1.54) is 18.2 Å². The molecule has 7 heteroatoms. The van der Waals surface area contributed by atoms with Gasteiger partial charge in [0.15, 0.2) is 5.76 Å². The van der Waals surface area contributed by atoms with E-state index in [0.29, 0.717) is 31.4 Å². The van der Waals surface area contributed by atoms with E-state index in [9.17, 15) is 14.0 Å². The van der Waals surface area contributed by atoms with Crippen LogP contribution in [0.4, 0.5) is 4.39 Å². The van der Waals surface area contributed by atoms with E-state index in [-0.39, 0.29) is 48.0 Å². The van der Waals surface area contributed by atoms with Gasteiger partial charge < -0.3 is 20.2 Å². The number of carbonyl (C=O) groups excluding carboxylic acids is 2. The molecule has 1 fully saturated rings. The quantitative estimate of drug-likeness (QED) is 0.709. The fourth-order valence-corrected chi connectivity index (χ4v) is 3.51. The number of rotatable bonds is 6. The number of hydrogen-bond donors (Lipinski definition) is 3. The van der Waals surface area contributed by atoms with Gasteiger partial charge in [-0.3, -0.25) is 9.59 Å². The Bertz CT molecular complexity index is 810. The van der Waals surface area contributed by atoms with Crippen LogP contribution >= 0.6 is 0 Å². The molecule has 1 aromatic heterocycles. The third-order valence-corrected chi connectivity index (χ3v) is 5.20. The van der Waals surface area contributed by atoms with Crippen molar-refractivity contribution in [2.75, 3.05) is 0 Å². The normalized spacial score (nSPS) is 20.4. The second kappa shape index (κ2) is 9.01. The number of aliphatic hydroxyl groups is 1. The maximum absolute atomic E-state index is 13.0. The molecule has 1 aromatic carbocycles. The minimum atomic E-state index is -0.308. The van der Waals surface area contributed by atoms with Crippen molar-refractivity contribution < 1.29 is 23.5 Å². The van der Waals surface area contributed by atoms with Crippen LogP contribution < -0.4 is 10.6 Å². The first-order valence-corrected chi connectivity index (χ1v) is 9.52. The maximum atomic E-state index is 13.0. The lowest BCUT2D eigenvalue weighted by molar-refractivity contribution is -0.126. The molecule has 0 aliphatic heterocycles. The maximum Gasteiger partial charge on any atom is 0.287 e. The van der Waals surface area contributed by atoms with Crippen LogP contribution in [-0.2, 0) is 11.4 Å². The van der Waals surface area contributed by atoms with Gasteiger partial charge in [0.2, 0.25) is 5.91 Å². The summed E-state index contributed by atoms with van der Waals surface area (Å²) in [6.45, 7) is 1.63. The molecule has 0 spiro atoms. The lowest BCUT2D eigenvalue weighted by Gasteiger charge is -2.29. The van der Waals surface area contributed by atoms with Crippen LogP contribution in [0.1, 0.15) is 60.5 Å². The predicted molar refractivity (Wildman–Crippen MR) is 101 cm³/mol. The van der Waals surface area contributed by atoms with Gasteiger partial charge >= 0.3 is 0 Å². The molecule has 1 aliphatic carbocycles. The average molecular weight is 388 g/mol. The van der Waals surface area contributed by atoms with Crippen LogP contribution in [0, 0.1) is 11.7 Å². The van der Waals surface area contributed by atoms with E-state index in [2.05, 4.69) is 10.6 Å². The molecule has 1 atom stereocenters. The molecule has 6 nitrogen and oxygen atoms in total. The summed E-state index contributed by atoms with van der Waals surface area (Å²) in [5, 5.41) is 14.9. The summed E-state index contributed by atoms with van der Waals surface area (Å²) >= 11 is 0. The molecule has 1 unspecified atom stereocenters. The van der Waals surface area contributed by atoms with Gasteiger partial charge in [0.25, 0.3) is 5.91 Å². The SMILES string of the molecule is CC(NC(=O)C1CCC(NC(=O)c2ccc(CO)o2)CC1)c1ccc(F)cc1. The zero-order chi connectivity index (χ0) is 20.1. The highest BCUT2D eigenvalue weighted by molar-refractivity contribution is 5.91. The Hall–Kier alpha value is -2.67. The second-order valence-electron chi connectivity index (χ2n) is 7.23. The fraction of sp³-hybridized carbons (Fsp3) is 0.429. The Labute approximate surface area is 163 Å². The topological polar surface area (TPSA) is 91.6 Å². The van der Waals surface area contributed by atoms with Crippen molar-refractivity contribution in [2.45, 2.75) is 51.3 Å². The van der Waals surface area contributed by atoms with Crippen LogP contribution in [0.25, 0.3) is 0 Å². The third kappa shape index (κ3) is 4.98. The van der Waals surface area contributed by atoms with Gasteiger partial charge in [-0.2, -0.15) is 0 Å². The van der Waals surface area contributed by atoms with Crippen LogP contribution in [0.15, 0.2) is 40.8 Å². The van der Waals surface area contributed by atoms with Crippen LogP contribution in [0.3, 0.4) is 0 Å². The number of hydrogen-bond acceptors (Lipinski definition) is 4. The van der Waals surface area contributed by atoms with Gasteiger partial charge in [-0.25, -0.2) is 4.39 Å². The fourth-order valence-electron chi connectivity index (χ4n) is 3.51. The van der Waals surface area contributed by atoms with Crippen molar-refractivity contribution in [3.8, 4) is 0 Å². The Morgan fingerprint density at radius 3 is 2.43 bits per heavy atom. The second-order valence-corrected chi connectivity index (χ2v) is 7.23. The lowest BCUT2D eigenvalue weighted by atomic mass is 9.85. The Balaban J connectivity index is 1.45. The summed E-state index contributed by atoms with van der Waals surface area (Å²) in [4.78, 5) is 24.7. The number of benzene rings is 1. The molecular weight excluding hydrogens is 363 g/mol. The van der Waals surface area contributed by atoms with Crippen molar-refractivity contribution >= 4 is 11.8 Å². The number of furan rings is 1. The summed E-state index contributed by atoms with van der Waals surface area (Å²) in [7, 11) is 0. The van der Waals surface area contributed by atoms with Crippen LogP contribution in [-0.4, -0.2) is 23.0 Å². The number of nitrogens with one attached hydrogen (secondary N) is 2. The Kier molecular flexibility index (Phi) is 6.46. The minimum absolute atomic E-state index is 0.00579. The van der Waals surface area contributed by atoms with Crippen molar-refractivity contribution in [1.29, 1.82) is 0 Å². The van der Waals surface area contributed by atoms with Crippen LogP contribution in [0.5, 0.6) is 0 Å². The van der Waals surface area contributed by atoms with Gasteiger partial charge in [0, 0.05) is 12.0 Å². The van der Waals surface area contributed by atoms with E-state index in [1.54, 1.807) is 18.2 Å². The van der Waals surface area contributed by atoms with Crippen molar-refractivity contribution in [2.24, 2.45) is 5.92 Å². The Morgan fingerprint density at radius 2 is 1.82 bits per heavy atom. The zero-order valence-electron chi connectivity index (χ0n) is 15.8. The van der Waals surface area contributed by atoms with E-state index >= 15 is 0 Å². The smallest absolute Gasteiger partial charge is 0.287 e. The lowest BCUT2D eigenvalue weighted by Crippen LogP contribution is -2.41. The molecule has 1 aliphatic rings.